The van der Waals surface area contributed by atoms with Gasteiger partial charge in [0.1, 0.15) is 5.60 Å². The van der Waals surface area contributed by atoms with E-state index in [0.29, 0.717) is 12.5 Å². The van der Waals surface area contributed by atoms with Crippen LogP contribution >= 0.6 is 35.3 Å². The van der Waals surface area contributed by atoms with Gasteiger partial charge in [-0.05, 0) is 53.2 Å². The Bertz CT molecular complexity index is 594. The monoisotopic (exact) mass is 496 g/mol. The van der Waals surface area contributed by atoms with E-state index in [2.05, 4.69) is 40.0 Å². The molecule has 1 heterocycles. The minimum atomic E-state index is -0.511. The molecule has 1 amide bonds. The number of ether oxygens (including phenoxy) is 1. The number of nitrogens with one attached hydrogen (secondary N) is 3. The molecule has 0 bridgehead atoms. The fourth-order valence-electron chi connectivity index (χ4n) is 2.03. The molecule has 0 saturated heterocycles. The minimum absolute atomic E-state index is 0. The Kier molecular flexibility index (Phi) is 10.5. The van der Waals surface area contributed by atoms with E-state index in [4.69, 9.17) is 4.74 Å². The number of hydrogen-bond acceptors (Lipinski definition) is 4. The second kappa shape index (κ2) is 11.0. The normalized spacial score (nSPS) is 12.2. The van der Waals surface area contributed by atoms with Gasteiger partial charge in [-0.15, -0.1) is 35.3 Å². The van der Waals surface area contributed by atoms with Gasteiger partial charge in [0.25, 0.3) is 0 Å². The lowest BCUT2D eigenvalue weighted by Gasteiger charge is -2.29. The van der Waals surface area contributed by atoms with Gasteiger partial charge in [0, 0.05) is 23.3 Å². The van der Waals surface area contributed by atoms with Crippen molar-refractivity contribution in [2.24, 2.45) is 4.99 Å². The van der Waals surface area contributed by atoms with E-state index < -0.39 is 17.2 Å². The maximum Gasteiger partial charge on any atom is 0.408 e. The highest BCUT2D eigenvalue weighted by atomic mass is 127. The van der Waals surface area contributed by atoms with Gasteiger partial charge in [-0.2, -0.15) is 0 Å². The molecule has 0 spiro atoms. The number of aryl methyl sites for hydroxylation is 1. The van der Waals surface area contributed by atoms with Crippen molar-refractivity contribution < 1.29 is 9.53 Å². The van der Waals surface area contributed by atoms with Crippen LogP contribution in [0.2, 0.25) is 0 Å². The van der Waals surface area contributed by atoms with Gasteiger partial charge in [0.15, 0.2) is 5.96 Å². The predicted molar refractivity (Wildman–Crippen MR) is 121 cm³/mol. The molecular weight excluding hydrogens is 463 g/mol. The van der Waals surface area contributed by atoms with Crippen LogP contribution in [0.25, 0.3) is 0 Å². The lowest BCUT2D eigenvalue weighted by molar-refractivity contribution is 0.0474. The number of rotatable bonds is 6. The molecule has 6 nitrogen and oxygen atoms in total. The van der Waals surface area contributed by atoms with Gasteiger partial charge in [0.05, 0.1) is 12.1 Å². The average molecular weight is 496 g/mol. The number of hydrogen-bond donors (Lipinski definition) is 3. The molecular formula is C18H33IN4O2S. The zero-order valence-corrected chi connectivity index (χ0v) is 20.0. The highest BCUT2D eigenvalue weighted by molar-refractivity contribution is 14.0. The molecule has 0 saturated carbocycles. The van der Waals surface area contributed by atoms with Gasteiger partial charge >= 0.3 is 6.09 Å². The Balaban J connectivity index is 0.00000625. The third-order valence-electron chi connectivity index (χ3n) is 3.26. The van der Waals surface area contributed by atoms with Crippen molar-refractivity contribution in [2.45, 2.75) is 65.6 Å². The van der Waals surface area contributed by atoms with Gasteiger partial charge < -0.3 is 20.7 Å². The topological polar surface area (TPSA) is 74.8 Å². The molecule has 1 aromatic heterocycles. The number of carbonyl (C=O) groups excluding carboxylic acids is 1. The molecule has 150 valence electrons. The third kappa shape index (κ3) is 10.2. The molecule has 0 atom stereocenters. The highest BCUT2D eigenvalue weighted by Gasteiger charge is 2.24. The van der Waals surface area contributed by atoms with Crippen molar-refractivity contribution in [3.8, 4) is 0 Å². The third-order valence-corrected chi connectivity index (χ3v) is 4.49. The van der Waals surface area contributed by atoms with Crippen molar-refractivity contribution in [1.29, 1.82) is 0 Å². The molecule has 0 aliphatic rings. The summed E-state index contributed by atoms with van der Waals surface area (Å²) in [5, 5.41) is 9.41. The number of guanidine groups is 1. The summed E-state index contributed by atoms with van der Waals surface area (Å²) in [4.78, 5) is 18.8. The molecule has 0 unspecified atom stereocenters. The van der Waals surface area contributed by atoms with E-state index in [1.807, 2.05) is 34.6 Å². The Morgan fingerprint density at radius 1 is 1.15 bits per heavy atom. The van der Waals surface area contributed by atoms with E-state index in [0.717, 1.165) is 13.0 Å². The van der Waals surface area contributed by atoms with E-state index >= 15 is 0 Å². The SMILES string of the molecule is CCc1ccc(CNC(=NC)NCC(C)(C)NC(=O)OC(C)(C)C)s1.I. The largest absolute Gasteiger partial charge is 0.444 e. The number of amides is 1. The van der Waals surface area contributed by atoms with E-state index in [-0.39, 0.29) is 24.0 Å². The fraction of sp³-hybridized carbons (Fsp3) is 0.667. The van der Waals surface area contributed by atoms with Crippen LogP contribution in [-0.4, -0.2) is 36.8 Å². The first-order valence-electron chi connectivity index (χ1n) is 8.58. The van der Waals surface area contributed by atoms with Gasteiger partial charge in [-0.1, -0.05) is 6.92 Å². The number of thiophene rings is 1. The van der Waals surface area contributed by atoms with E-state index in [1.165, 1.54) is 9.75 Å². The van der Waals surface area contributed by atoms with Gasteiger partial charge in [-0.25, -0.2) is 4.79 Å². The van der Waals surface area contributed by atoms with Crippen LogP contribution in [0.15, 0.2) is 17.1 Å². The van der Waals surface area contributed by atoms with E-state index in [9.17, 15) is 4.79 Å². The zero-order valence-electron chi connectivity index (χ0n) is 16.9. The van der Waals surface area contributed by atoms with Crippen molar-refractivity contribution in [2.75, 3.05) is 13.6 Å². The van der Waals surface area contributed by atoms with Crippen molar-refractivity contribution in [3.05, 3.63) is 21.9 Å². The van der Waals surface area contributed by atoms with Gasteiger partial charge in [-0.3, -0.25) is 4.99 Å². The Morgan fingerprint density at radius 2 is 1.77 bits per heavy atom. The van der Waals surface area contributed by atoms with Crippen LogP contribution in [-0.2, 0) is 17.7 Å². The van der Waals surface area contributed by atoms with Gasteiger partial charge in [0.2, 0.25) is 0 Å². The van der Waals surface area contributed by atoms with Crippen molar-refractivity contribution in [3.63, 3.8) is 0 Å². The van der Waals surface area contributed by atoms with Crippen LogP contribution < -0.4 is 16.0 Å². The number of aliphatic imine (C=N–C) groups is 1. The Morgan fingerprint density at radius 3 is 2.27 bits per heavy atom. The number of nitrogens with zero attached hydrogens (tertiary/aromatic N) is 1. The van der Waals surface area contributed by atoms with Crippen LogP contribution in [0.4, 0.5) is 4.79 Å². The van der Waals surface area contributed by atoms with Crippen LogP contribution in [0.5, 0.6) is 0 Å². The van der Waals surface area contributed by atoms with Crippen LogP contribution in [0.1, 0.15) is 51.3 Å². The highest BCUT2D eigenvalue weighted by Crippen LogP contribution is 2.16. The molecule has 0 aromatic carbocycles. The quantitative estimate of drug-likeness (QED) is 0.317. The van der Waals surface area contributed by atoms with Crippen LogP contribution in [0, 0.1) is 0 Å². The first-order valence-corrected chi connectivity index (χ1v) is 9.39. The molecule has 1 rings (SSSR count). The smallest absolute Gasteiger partial charge is 0.408 e. The second-order valence-electron chi connectivity index (χ2n) is 7.51. The molecule has 8 heteroatoms. The molecule has 26 heavy (non-hydrogen) atoms. The second-order valence-corrected chi connectivity index (χ2v) is 8.76. The predicted octanol–water partition coefficient (Wildman–Crippen LogP) is 3.90. The summed E-state index contributed by atoms with van der Waals surface area (Å²) in [6, 6.07) is 4.30. The zero-order chi connectivity index (χ0) is 19.1. The average Bonchev–Trinajstić information content (AvgIpc) is 2.92. The maximum absolute atomic E-state index is 11.9. The molecule has 0 aliphatic carbocycles. The molecule has 3 N–H and O–H groups in total. The Labute approximate surface area is 178 Å². The number of carbonyl (C=O) groups is 1. The summed E-state index contributed by atoms with van der Waals surface area (Å²) in [7, 11) is 1.73. The minimum Gasteiger partial charge on any atom is -0.444 e. The summed E-state index contributed by atoms with van der Waals surface area (Å²) < 4.78 is 5.30. The summed E-state index contributed by atoms with van der Waals surface area (Å²) in [6.07, 6.45) is 0.634. The maximum atomic E-state index is 11.9. The molecule has 0 aliphatic heterocycles. The number of alkyl carbamates (subject to hydrolysis) is 1. The summed E-state index contributed by atoms with van der Waals surface area (Å²) in [5.41, 5.74) is -0.985. The van der Waals surface area contributed by atoms with E-state index in [1.54, 1.807) is 18.4 Å². The summed E-state index contributed by atoms with van der Waals surface area (Å²) in [6.45, 7) is 12.8. The lowest BCUT2D eigenvalue weighted by Crippen LogP contribution is -2.54. The lowest BCUT2D eigenvalue weighted by atomic mass is 10.1. The van der Waals surface area contributed by atoms with Crippen molar-refractivity contribution in [1.82, 2.24) is 16.0 Å². The standard InChI is InChI=1S/C18H32N4O2S.HI/c1-8-13-9-10-14(25-13)11-20-15(19-7)21-12-18(5,6)22-16(23)24-17(2,3)4;/h9-10H,8,11-12H2,1-7H3,(H,22,23)(H2,19,20,21);1H. The number of halogens is 1. The summed E-state index contributed by atoms with van der Waals surface area (Å²) in [5.74, 6) is 0.700. The van der Waals surface area contributed by atoms with Crippen molar-refractivity contribution >= 4 is 47.4 Å². The molecule has 0 radical (unpaired) electrons. The Hall–Kier alpha value is -1.03. The van der Waals surface area contributed by atoms with Crippen LogP contribution in [0.3, 0.4) is 0 Å². The molecule has 1 aromatic rings. The first kappa shape index (κ1) is 25.0. The summed E-state index contributed by atoms with van der Waals surface area (Å²) >= 11 is 1.80. The first-order chi connectivity index (χ1) is 11.5. The fourth-order valence-corrected chi connectivity index (χ4v) is 2.93. The molecule has 0 fully saturated rings.